The van der Waals surface area contributed by atoms with E-state index in [1.807, 2.05) is 0 Å². The van der Waals surface area contributed by atoms with Crippen molar-refractivity contribution < 1.29 is 14.4 Å². The van der Waals surface area contributed by atoms with Gasteiger partial charge in [0.2, 0.25) is 11.8 Å². The number of carbonyl (C=O) groups is 3. The highest BCUT2D eigenvalue weighted by atomic mass is 16.2. The van der Waals surface area contributed by atoms with E-state index >= 15 is 0 Å². The normalized spacial score (nSPS) is 19.3. The van der Waals surface area contributed by atoms with E-state index in [4.69, 9.17) is 5.73 Å². The van der Waals surface area contributed by atoms with Gasteiger partial charge in [0.05, 0.1) is 0 Å². The Balaban J connectivity index is 2.61. The number of primary amides is 1. The third kappa shape index (κ3) is 1.38. The fourth-order valence-corrected chi connectivity index (χ4v) is 1.63. The Morgan fingerprint density at radius 3 is 2.60 bits per heavy atom. The topological polar surface area (TPSA) is 89.3 Å². The monoisotopic (exact) mass is 204 g/mol. The van der Waals surface area contributed by atoms with Gasteiger partial charge in [-0.15, -0.1) is 0 Å². The lowest BCUT2D eigenvalue weighted by molar-refractivity contribution is -0.129. The zero-order valence-corrected chi connectivity index (χ0v) is 7.69. The maximum Gasteiger partial charge on any atom is 0.258 e. The largest absolute Gasteiger partial charge is 0.369 e. The molecule has 1 atom stereocenters. The molecule has 0 aliphatic carbocycles. The van der Waals surface area contributed by atoms with Gasteiger partial charge >= 0.3 is 0 Å². The SMILES string of the molecule is NC(=O)C1C(=O)NC(=O)c2ccccc21. The van der Waals surface area contributed by atoms with Gasteiger partial charge in [-0.3, -0.25) is 19.7 Å². The molecule has 0 fully saturated rings. The number of benzene rings is 1. The summed E-state index contributed by atoms with van der Waals surface area (Å²) in [6.45, 7) is 0. The van der Waals surface area contributed by atoms with Crippen LogP contribution in [0.4, 0.5) is 0 Å². The van der Waals surface area contributed by atoms with Crippen molar-refractivity contribution in [1.29, 1.82) is 0 Å². The second-order valence-corrected chi connectivity index (χ2v) is 3.24. The zero-order chi connectivity index (χ0) is 11.0. The number of nitrogens with two attached hydrogens (primary N) is 1. The molecule has 3 amide bonds. The highest BCUT2D eigenvalue weighted by Gasteiger charge is 2.35. The van der Waals surface area contributed by atoms with Crippen molar-refractivity contribution in [3.63, 3.8) is 0 Å². The Morgan fingerprint density at radius 1 is 1.27 bits per heavy atom. The van der Waals surface area contributed by atoms with Crippen LogP contribution in [0.15, 0.2) is 24.3 Å². The molecule has 1 heterocycles. The summed E-state index contributed by atoms with van der Waals surface area (Å²) < 4.78 is 0. The van der Waals surface area contributed by atoms with Crippen molar-refractivity contribution in [2.45, 2.75) is 5.92 Å². The molecule has 1 aliphatic rings. The van der Waals surface area contributed by atoms with Gasteiger partial charge in [-0.25, -0.2) is 0 Å². The second-order valence-electron chi connectivity index (χ2n) is 3.24. The molecule has 0 spiro atoms. The van der Waals surface area contributed by atoms with Crippen molar-refractivity contribution in [2.75, 3.05) is 0 Å². The van der Waals surface area contributed by atoms with Crippen molar-refractivity contribution >= 4 is 17.7 Å². The number of nitrogens with one attached hydrogen (secondary N) is 1. The molecule has 0 aromatic heterocycles. The Hall–Kier alpha value is -2.17. The van der Waals surface area contributed by atoms with Crippen molar-refractivity contribution in [3.8, 4) is 0 Å². The van der Waals surface area contributed by atoms with Crippen LogP contribution >= 0.6 is 0 Å². The van der Waals surface area contributed by atoms with Gasteiger partial charge in [0, 0.05) is 5.56 Å². The molecule has 0 bridgehead atoms. The van der Waals surface area contributed by atoms with Gasteiger partial charge in [0.15, 0.2) is 0 Å². The van der Waals surface area contributed by atoms with Crippen LogP contribution in [0.5, 0.6) is 0 Å². The number of imide groups is 1. The molecule has 2 rings (SSSR count). The summed E-state index contributed by atoms with van der Waals surface area (Å²) in [5, 5.41) is 2.09. The van der Waals surface area contributed by atoms with Crippen LogP contribution in [0.3, 0.4) is 0 Å². The van der Waals surface area contributed by atoms with E-state index in [2.05, 4.69) is 5.32 Å². The first-order valence-corrected chi connectivity index (χ1v) is 4.34. The molecule has 1 aliphatic heterocycles. The van der Waals surface area contributed by atoms with Crippen LogP contribution in [0.2, 0.25) is 0 Å². The molecule has 5 heteroatoms. The lowest BCUT2D eigenvalue weighted by Crippen LogP contribution is -2.45. The average Bonchev–Trinajstić information content (AvgIpc) is 2.17. The van der Waals surface area contributed by atoms with E-state index in [1.165, 1.54) is 0 Å². The molecule has 3 N–H and O–H groups in total. The van der Waals surface area contributed by atoms with Gasteiger partial charge < -0.3 is 5.73 Å². The van der Waals surface area contributed by atoms with E-state index in [0.717, 1.165) is 0 Å². The van der Waals surface area contributed by atoms with Gasteiger partial charge in [0.25, 0.3) is 5.91 Å². The summed E-state index contributed by atoms with van der Waals surface area (Å²) in [6, 6.07) is 6.42. The molecule has 0 saturated heterocycles. The Morgan fingerprint density at radius 2 is 1.93 bits per heavy atom. The molecule has 15 heavy (non-hydrogen) atoms. The van der Waals surface area contributed by atoms with Crippen molar-refractivity contribution in [2.24, 2.45) is 5.73 Å². The van der Waals surface area contributed by atoms with Crippen molar-refractivity contribution in [3.05, 3.63) is 35.4 Å². The van der Waals surface area contributed by atoms with Crippen LogP contribution in [0, 0.1) is 0 Å². The maximum absolute atomic E-state index is 11.4. The second kappa shape index (κ2) is 3.20. The van der Waals surface area contributed by atoms with E-state index in [9.17, 15) is 14.4 Å². The van der Waals surface area contributed by atoms with Gasteiger partial charge in [0.1, 0.15) is 5.92 Å². The predicted molar refractivity (Wildman–Crippen MR) is 50.9 cm³/mol. The lowest BCUT2D eigenvalue weighted by atomic mass is 9.89. The van der Waals surface area contributed by atoms with E-state index in [0.29, 0.717) is 11.1 Å². The Bertz CT molecular complexity index is 467. The molecule has 0 saturated carbocycles. The number of hydrogen-bond donors (Lipinski definition) is 2. The van der Waals surface area contributed by atoms with Crippen LogP contribution in [-0.2, 0) is 9.59 Å². The van der Waals surface area contributed by atoms with Crippen LogP contribution < -0.4 is 11.1 Å². The average molecular weight is 204 g/mol. The van der Waals surface area contributed by atoms with E-state index < -0.39 is 23.6 Å². The summed E-state index contributed by atoms with van der Waals surface area (Å²) in [6.07, 6.45) is 0. The fourth-order valence-electron chi connectivity index (χ4n) is 1.63. The highest BCUT2D eigenvalue weighted by Crippen LogP contribution is 2.24. The summed E-state index contributed by atoms with van der Waals surface area (Å²) >= 11 is 0. The molecule has 76 valence electrons. The molecular weight excluding hydrogens is 196 g/mol. The van der Waals surface area contributed by atoms with E-state index in [-0.39, 0.29) is 0 Å². The summed E-state index contributed by atoms with van der Waals surface area (Å²) in [4.78, 5) is 33.8. The third-order valence-electron chi connectivity index (χ3n) is 2.30. The number of amides is 3. The number of carbonyl (C=O) groups excluding carboxylic acids is 3. The first-order valence-electron chi connectivity index (χ1n) is 4.34. The van der Waals surface area contributed by atoms with Gasteiger partial charge in [-0.05, 0) is 11.6 Å². The highest BCUT2D eigenvalue weighted by molar-refractivity contribution is 6.18. The third-order valence-corrected chi connectivity index (χ3v) is 2.30. The van der Waals surface area contributed by atoms with Crippen molar-refractivity contribution in [1.82, 2.24) is 5.32 Å². The van der Waals surface area contributed by atoms with Gasteiger partial charge in [-0.2, -0.15) is 0 Å². The van der Waals surface area contributed by atoms with Crippen LogP contribution in [-0.4, -0.2) is 17.7 Å². The summed E-state index contributed by atoms with van der Waals surface area (Å²) in [5.74, 6) is -2.98. The van der Waals surface area contributed by atoms with E-state index in [1.54, 1.807) is 24.3 Å². The molecule has 5 nitrogen and oxygen atoms in total. The quantitative estimate of drug-likeness (QED) is 0.478. The zero-order valence-electron chi connectivity index (χ0n) is 7.69. The first kappa shape index (κ1) is 9.39. The molecule has 0 radical (unpaired) electrons. The number of fused-ring (bicyclic) bond motifs is 1. The number of hydrogen-bond acceptors (Lipinski definition) is 3. The summed E-state index contributed by atoms with van der Waals surface area (Å²) in [7, 11) is 0. The molecule has 1 unspecified atom stereocenters. The van der Waals surface area contributed by atoms with Gasteiger partial charge in [-0.1, -0.05) is 18.2 Å². The fraction of sp³-hybridized carbons (Fsp3) is 0.100. The lowest BCUT2D eigenvalue weighted by Gasteiger charge is -2.21. The first-order chi connectivity index (χ1) is 7.11. The standard InChI is InChI=1S/C10H8N2O3/c11-8(13)7-5-3-1-2-4-6(5)9(14)12-10(7)15/h1-4,7H,(H2,11,13)(H,12,14,15). The molecule has 1 aromatic rings. The minimum atomic E-state index is -1.07. The summed E-state index contributed by atoms with van der Waals surface area (Å²) in [5.41, 5.74) is 5.80. The minimum absolute atomic E-state index is 0.320. The van der Waals surface area contributed by atoms with Crippen LogP contribution in [0.1, 0.15) is 21.8 Å². The molecule has 1 aromatic carbocycles. The Kier molecular flexibility index (Phi) is 2.00. The predicted octanol–water partition coefficient (Wildman–Crippen LogP) is -0.474. The minimum Gasteiger partial charge on any atom is -0.369 e. The van der Waals surface area contributed by atoms with Crippen LogP contribution in [0.25, 0.3) is 0 Å². The smallest absolute Gasteiger partial charge is 0.258 e. The molecular formula is C10H8N2O3. The maximum atomic E-state index is 11.4. The number of rotatable bonds is 1. The Labute approximate surface area is 85.3 Å².